The topological polar surface area (TPSA) is 75.2 Å². The molecule has 0 aliphatic heterocycles. The normalized spacial score (nSPS) is 10.4. The molecule has 0 spiro atoms. The average Bonchev–Trinajstić information content (AvgIpc) is 2.73. The van der Waals surface area contributed by atoms with E-state index in [4.69, 9.17) is 0 Å². The van der Waals surface area contributed by atoms with Crippen LogP contribution in [0.25, 0.3) is 11.1 Å². The summed E-state index contributed by atoms with van der Waals surface area (Å²) in [5.41, 5.74) is 1.76. The van der Waals surface area contributed by atoms with Crippen molar-refractivity contribution in [1.29, 1.82) is 0 Å². The third-order valence-corrected chi connectivity index (χ3v) is 4.46. The molecule has 30 heavy (non-hydrogen) atoms. The van der Waals surface area contributed by atoms with Gasteiger partial charge in [-0.05, 0) is 42.5 Å². The molecule has 0 aliphatic carbocycles. The van der Waals surface area contributed by atoms with Crippen LogP contribution < -0.4 is 21.5 Å². The average molecular weight is 410 g/mol. The first-order chi connectivity index (χ1) is 14.3. The van der Waals surface area contributed by atoms with E-state index >= 15 is 0 Å². The van der Waals surface area contributed by atoms with Gasteiger partial charge in [0.1, 0.15) is 23.0 Å². The van der Waals surface area contributed by atoms with Crippen LogP contribution in [0.4, 0.5) is 31.5 Å². The molecule has 154 valence electrons. The second kappa shape index (κ2) is 8.60. The van der Waals surface area contributed by atoms with Crippen molar-refractivity contribution in [3.05, 3.63) is 83.3 Å². The molecule has 0 saturated carbocycles. The number of carbonyl (C=O) groups is 1. The molecule has 3 N–H and O–H groups in total. The molecule has 0 fully saturated rings. The number of hydrogen-bond acceptors (Lipinski definition) is 4. The number of aryl methyl sites for hydroxylation is 1. The first kappa shape index (κ1) is 20.8. The van der Waals surface area contributed by atoms with E-state index in [1.54, 1.807) is 44.6 Å². The monoisotopic (exact) mass is 410 g/mol. The summed E-state index contributed by atoms with van der Waals surface area (Å²) in [6.45, 7) is 3.42. The SMILES string of the molecule is C=CC(=O)Nc1ccc(Nc2c(F)cccc2F)c(-c2cc(NC)c(=O)n(C)c2)c1. The molecule has 0 aliphatic rings. The third kappa shape index (κ3) is 4.22. The summed E-state index contributed by atoms with van der Waals surface area (Å²) in [5.74, 6) is -1.90. The predicted octanol–water partition coefficient (Wildman–Crippen LogP) is 4.24. The number of benzene rings is 2. The van der Waals surface area contributed by atoms with Gasteiger partial charge in [0.25, 0.3) is 5.56 Å². The minimum Gasteiger partial charge on any atom is -0.384 e. The fraction of sp³-hybridized carbons (Fsp3) is 0.0909. The van der Waals surface area contributed by atoms with Gasteiger partial charge in [-0.25, -0.2) is 8.78 Å². The van der Waals surface area contributed by atoms with Crippen molar-refractivity contribution in [1.82, 2.24) is 4.57 Å². The maximum atomic E-state index is 14.2. The number of nitrogens with one attached hydrogen (secondary N) is 3. The Morgan fingerprint density at radius 3 is 2.43 bits per heavy atom. The summed E-state index contributed by atoms with van der Waals surface area (Å²) >= 11 is 0. The van der Waals surface area contributed by atoms with Gasteiger partial charge in [-0.15, -0.1) is 0 Å². The molecular weight excluding hydrogens is 390 g/mol. The van der Waals surface area contributed by atoms with E-state index < -0.39 is 17.5 Å². The van der Waals surface area contributed by atoms with E-state index in [0.717, 1.165) is 18.2 Å². The van der Waals surface area contributed by atoms with Crippen LogP contribution >= 0.6 is 0 Å². The number of amides is 1. The molecule has 6 nitrogen and oxygen atoms in total. The molecule has 8 heteroatoms. The van der Waals surface area contributed by atoms with Gasteiger partial charge >= 0.3 is 0 Å². The van der Waals surface area contributed by atoms with E-state index in [0.29, 0.717) is 28.2 Å². The van der Waals surface area contributed by atoms with Crippen LogP contribution in [0.1, 0.15) is 0 Å². The Bertz CT molecular complexity index is 1170. The third-order valence-electron chi connectivity index (χ3n) is 4.46. The second-order valence-corrected chi connectivity index (χ2v) is 6.48. The molecule has 3 aromatic rings. The molecule has 0 atom stereocenters. The molecule has 1 heterocycles. The molecule has 1 aromatic heterocycles. The van der Waals surface area contributed by atoms with Gasteiger partial charge in [-0.1, -0.05) is 12.6 Å². The van der Waals surface area contributed by atoms with Crippen LogP contribution in [0.3, 0.4) is 0 Å². The van der Waals surface area contributed by atoms with Crippen molar-refractivity contribution in [2.45, 2.75) is 0 Å². The van der Waals surface area contributed by atoms with Crippen LogP contribution in [0.2, 0.25) is 0 Å². The molecule has 0 radical (unpaired) electrons. The molecule has 0 unspecified atom stereocenters. The molecular formula is C22H20F2N4O2. The quantitative estimate of drug-likeness (QED) is 0.532. The molecule has 1 amide bonds. The van der Waals surface area contributed by atoms with E-state index in [1.165, 1.54) is 10.6 Å². The largest absolute Gasteiger partial charge is 0.384 e. The zero-order valence-electron chi connectivity index (χ0n) is 16.4. The summed E-state index contributed by atoms with van der Waals surface area (Å²) in [6.07, 6.45) is 2.73. The van der Waals surface area contributed by atoms with Crippen LogP contribution in [-0.4, -0.2) is 17.5 Å². The first-order valence-corrected chi connectivity index (χ1v) is 9.01. The van der Waals surface area contributed by atoms with Crippen LogP contribution in [-0.2, 0) is 11.8 Å². The van der Waals surface area contributed by atoms with E-state index in [-0.39, 0.29) is 11.2 Å². The Kier molecular flexibility index (Phi) is 5.96. The maximum Gasteiger partial charge on any atom is 0.273 e. The maximum absolute atomic E-state index is 14.2. The fourth-order valence-corrected chi connectivity index (χ4v) is 2.95. The standard InChI is InChI=1S/C22H20F2N4O2/c1-4-20(29)26-14-8-9-18(27-21-16(23)6-5-7-17(21)24)15(11-14)13-10-19(25-2)22(30)28(3)12-13/h4-12,25,27H,1H2,2-3H3,(H,26,29). The summed E-state index contributed by atoms with van der Waals surface area (Å²) in [7, 11) is 3.22. The Hall–Kier alpha value is -3.94. The number of nitrogens with zero attached hydrogens (tertiary/aromatic N) is 1. The van der Waals surface area contributed by atoms with Crippen molar-refractivity contribution in [2.24, 2.45) is 7.05 Å². The van der Waals surface area contributed by atoms with Gasteiger partial charge in [0, 0.05) is 42.8 Å². The molecule has 0 bridgehead atoms. The Morgan fingerprint density at radius 1 is 1.10 bits per heavy atom. The van der Waals surface area contributed by atoms with Gasteiger partial charge in [0.05, 0.1) is 0 Å². The fourth-order valence-electron chi connectivity index (χ4n) is 2.95. The van der Waals surface area contributed by atoms with Crippen molar-refractivity contribution in [3.8, 4) is 11.1 Å². The lowest BCUT2D eigenvalue weighted by Gasteiger charge is -2.17. The van der Waals surface area contributed by atoms with Crippen molar-refractivity contribution >= 4 is 28.7 Å². The Labute approximate surface area is 171 Å². The van der Waals surface area contributed by atoms with Gasteiger partial charge in [0.2, 0.25) is 5.91 Å². The van der Waals surface area contributed by atoms with Gasteiger partial charge < -0.3 is 20.5 Å². The van der Waals surface area contributed by atoms with Crippen LogP contribution in [0.15, 0.2) is 66.1 Å². The molecule has 3 rings (SSSR count). The summed E-state index contributed by atoms with van der Waals surface area (Å²) in [5, 5.41) is 8.27. The van der Waals surface area contributed by atoms with Gasteiger partial charge in [0.15, 0.2) is 0 Å². The highest BCUT2D eigenvalue weighted by atomic mass is 19.1. The summed E-state index contributed by atoms with van der Waals surface area (Å²) in [6, 6.07) is 10.0. The highest BCUT2D eigenvalue weighted by molar-refractivity contribution is 6.00. The molecule has 2 aromatic carbocycles. The molecule has 0 saturated heterocycles. The minimum atomic E-state index is -0.749. The number of aromatic nitrogens is 1. The van der Waals surface area contributed by atoms with E-state index in [9.17, 15) is 18.4 Å². The van der Waals surface area contributed by atoms with Gasteiger partial charge in [-0.3, -0.25) is 9.59 Å². The zero-order chi connectivity index (χ0) is 21.8. The van der Waals surface area contributed by atoms with Gasteiger partial charge in [-0.2, -0.15) is 0 Å². The number of anilines is 4. The number of pyridine rings is 1. The zero-order valence-corrected chi connectivity index (χ0v) is 16.4. The summed E-state index contributed by atoms with van der Waals surface area (Å²) in [4.78, 5) is 23.9. The lowest BCUT2D eigenvalue weighted by Crippen LogP contribution is -2.19. The van der Waals surface area contributed by atoms with E-state index in [1.807, 2.05) is 0 Å². The number of carbonyl (C=O) groups excluding carboxylic acids is 1. The van der Waals surface area contributed by atoms with Crippen molar-refractivity contribution in [2.75, 3.05) is 23.0 Å². The van der Waals surface area contributed by atoms with Crippen LogP contribution in [0.5, 0.6) is 0 Å². The van der Waals surface area contributed by atoms with Crippen LogP contribution in [0, 0.1) is 11.6 Å². The smallest absolute Gasteiger partial charge is 0.273 e. The predicted molar refractivity (Wildman–Crippen MR) is 115 cm³/mol. The lowest BCUT2D eigenvalue weighted by atomic mass is 10.0. The number of halogens is 2. The Morgan fingerprint density at radius 2 is 1.80 bits per heavy atom. The number of hydrogen-bond donors (Lipinski definition) is 3. The second-order valence-electron chi connectivity index (χ2n) is 6.48. The highest BCUT2D eigenvalue weighted by Gasteiger charge is 2.15. The minimum absolute atomic E-state index is 0.230. The highest BCUT2D eigenvalue weighted by Crippen LogP contribution is 2.34. The number of rotatable bonds is 6. The van der Waals surface area contributed by atoms with Crippen molar-refractivity contribution < 1.29 is 13.6 Å². The Balaban J connectivity index is 2.18. The van der Waals surface area contributed by atoms with Crippen molar-refractivity contribution in [3.63, 3.8) is 0 Å². The number of para-hydroxylation sites is 1. The van der Waals surface area contributed by atoms with E-state index in [2.05, 4.69) is 22.5 Å². The first-order valence-electron chi connectivity index (χ1n) is 9.01. The lowest BCUT2D eigenvalue weighted by molar-refractivity contribution is -0.111. The summed E-state index contributed by atoms with van der Waals surface area (Å²) < 4.78 is 29.7.